The molecule has 0 unspecified atom stereocenters. The van der Waals surface area contributed by atoms with Crippen LogP contribution in [-0.2, 0) is 0 Å². The van der Waals surface area contributed by atoms with Crippen molar-refractivity contribution in [1.82, 2.24) is 0 Å². The van der Waals surface area contributed by atoms with E-state index < -0.39 is 12.1 Å². The van der Waals surface area contributed by atoms with Crippen LogP contribution in [0, 0.1) is 11.3 Å². The topological polar surface area (TPSA) is 59.0 Å². The maximum absolute atomic E-state index is 11.9. The minimum absolute atomic E-state index is 0.00458. The first-order valence-corrected chi connectivity index (χ1v) is 4.34. The Bertz CT molecular complexity index is 465. The number of thiocarbonyl (C=S) groups is 1. The molecule has 0 aliphatic rings. The van der Waals surface area contributed by atoms with Crippen molar-refractivity contribution < 1.29 is 17.9 Å². The number of halogens is 3. The van der Waals surface area contributed by atoms with Crippen LogP contribution in [0.1, 0.15) is 11.1 Å². The molecule has 0 heterocycles. The summed E-state index contributed by atoms with van der Waals surface area (Å²) in [5, 5.41) is 8.64. The van der Waals surface area contributed by atoms with Gasteiger partial charge in [0.1, 0.15) is 16.8 Å². The fraction of sp³-hybridized carbons (Fsp3) is 0.111. The second-order valence-electron chi connectivity index (χ2n) is 2.73. The van der Waals surface area contributed by atoms with E-state index in [4.69, 9.17) is 11.0 Å². The molecule has 0 amide bonds. The molecule has 0 radical (unpaired) electrons. The third-order valence-electron chi connectivity index (χ3n) is 1.61. The number of nitrogens with two attached hydrogens (primary N) is 1. The monoisotopic (exact) mass is 246 g/mol. The lowest BCUT2D eigenvalue weighted by Gasteiger charge is -2.10. The molecular weight excluding hydrogens is 241 g/mol. The maximum atomic E-state index is 11.9. The summed E-state index contributed by atoms with van der Waals surface area (Å²) in [4.78, 5) is -0.00458. The highest BCUT2D eigenvalue weighted by atomic mass is 32.1. The van der Waals surface area contributed by atoms with Crippen molar-refractivity contribution in [3.05, 3.63) is 29.3 Å². The summed E-state index contributed by atoms with van der Waals surface area (Å²) in [6, 6.07) is 4.97. The summed E-state index contributed by atoms with van der Waals surface area (Å²) >= 11 is 4.63. The van der Waals surface area contributed by atoms with Crippen LogP contribution >= 0.6 is 12.2 Å². The number of rotatable bonds is 2. The van der Waals surface area contributed by atoms with Gasteiger partial charge in [0.05, 0.1) is 5.56 Å². The van der Waals surface area contributed by atoms with E-state index in [1.807, 2.05) is 0 Å². The van der Waals surface area contributed by atoms with Gasteiger partial charge in [0.25, 0.3) is 0 Å². The van der Waals surface area contributed by atoms with Gasteiger partial charge in [-0.2, -0.15) is 5.26 Å². The maximum Gasteiger partial charge on any atom is 0.573 e. The first-order valence-electron chi connectivity index (χ1n) is 3.93. The molecular formula is C9H5F3N2OS. The highest BCUT2D eigenvalue weighted by Crippen LogP contribution is 2.26. The molecule has 16 heavy (non-hydrogen) atoms. The summed E-state index contributed by atoms with van der Waals surface area (Å²) in [5.41, 5.74) is 5.30. The second kappa shape index (κ2) is 4.37. The highest BCUT2D eigenvalue weighted by Gasteiger charge is 2.32. The van der Waals surface area contributed by atoms with E-state index >= 15 is 0 Å². The largest absolute Gasteiger partial charge is 0.573 e. The third kappa shape index (κ3) is 3.10. The number of nitrogens with zero attached hydrogens (tertiary/aromatic N) is 1. The van der Waals surface area contributed by atoms with Crippen LogP contribution in [0.5, 0.6) is 5.75 Å². The Morgan fingerprint density at radius 1 is 1.44 bits per heavy atom. The van der Waals surface area contributed by atoms with Crippen LogP contribution in [-0.4, -0.2) is 11.4 Å². The summed E-state index contributed by atoms with van der Waals surface area (Å²) < 4.78 is 39.5. The molecule has 0 aliphatic carbocycles. The van der Waals surface area contributed by atoms with E-state index in [0.29, 0.717) is 5.56 Å². The van der Waals surface area contributed by atoms with Gasteiger partial charge in [0.15, 0.2) is 0 Å². The fourth-order valence-corrected chi connectivity index (χ4v) is 1.11. The van der Waals surface area contributed by atoms with Crippen molar-refractivity contribution in [3.8, 4) is 11.8 Å². The van der Waals surface area contributed by atoms with Gasteiger partial charge in [-0.15, -0.1) is 13.2 Å². The van der Waals surface area contributed by atoms with Gasteiger partial charge in [-0.05, 0) is 18.2 Å². The van der Waals surface area contributed by atoms with Crippen LogP contribution < -0.4 is 10.5 Å². The zero-order valence-electron chi connectivity index (χ0n) is 7.71. The van der Waals surface area contributed by atoms with Crippen LogP contribution in [0.3, 0.4) is 0 Å². The zero-order chi connectivity index (χ0) is 12.3. The predicted molar refractivity (Wildman–Crippen MR) is 53.7 cm³/mol. The normalized spacial score (nSPS) is 10.6. The lowest BCUT2D eigenvalue weighted by molar-refractivity contribution is -0.274. The molecule has 1 aromatic carbocycles. The Morgan fingerprint density at radius 3 is 2.50 bits per heavy atom. The quantitative estimate of drug-likeness (QED) is 0.812. The molecule has 7 heteroatoms. The van der Waals surface area contributed by atoms with Gasteiger partial charge in [0.2, 0.25) is 0 Å². The Kier molecular flexibility index (Phi) is 3.34. The van der Waals surface area contributed by atoms with E-state index in [1.165, 1.54) is 6.07 Å². The summed E-state index contributed by atoms with van der Waals surface area (Å²) in [7, 11) is 0. The van der Waals surface area contributed by atoms with Gasteiger partial charge >= 0.3 is 6.36 Å². The Labute approximate surface area is 94.2 Å². The van der Waals surface area contributed by atoms with Crippen molar-refractivity contribution in [2.45, 2.75) is 6.36 Å². The van der Waals surface area contributed by atoms with Crippen LogP contribution in [0.15, 0.2) is 18.2 Å². The van der Waals surface area contributed by atoms with Gasteiger partial charge < -0.3 is 10.5 Å². The molecule has 0 fully saturated rings. The molecule has 0 saturated carbocycles. The minimum Gasteiger partial charge on any atom is -0.404 e. The Morgan fingerprint density at radius 2 is 2.06 bits per heavy atom. The third-order valence-corrected chi connectivity index (χ3v) is 1.85. The number of hydrogen-bond acceptors (Lipinski definition) is 3. The highest BCUT2D eigenvalue weighted by molar-refractivity contribution is 7.80. The van der Waals surface area contributed by atoms with Crippen molar-refractivity contribution in [2.75, 3.05) is 0 Å². The number of benzene rings is 1. The van der Waals surface area contributed by atoms with E-state index in [9.17, 15) is 13.2 Å². The summed E-state index contributed by atoms with van der Waals surface area (Å²) in [6.45, 7) is 0. The summed E-state index contributed by atoms with van der Waals surface area (Å²) in [5.74, 6) is -0.574. The molecule has 3 nitrogen and oxygen atoms in total. The fourth-order valence-electron chi connectivity index (χ4n) is 0.984. The first-order chi connectivity index (χ1) is 7.33. The molecule has 1 rings (SSSR count). The number of nitriles is 1. The SMILES string of the molecule is N#Cc1cc(C(N)=S)ccc1OC(F)(F)F. The Balaban J connectivity index is 3.14. The standard InChI is InChI=1S/C9H5F3N2OS/c10-9(11,12)15-7-2-1-5(8(14)16)3-6(7)4-13/h1-3H,(H2,14,16). The van der Waals surface area contributed by atoms with Gasteiger partial charge in [-0.3, -0.25) is 0 Å². The molecule has 0 aliphatic heterocycles. The predicted octanol–water partition coefficient (Wildman–Crippen LogP) is 2.09. The molecule has 0 saturated heterocycles. The van der Waals surface area contributed by atoms with E-state index in [0.717, 1.165) is 12.1 Å². The van der Waals surface area contributed by atoms with Crippen molar-refractivity contribution in [2.24, 2.45) is 5.73 Å². The molecule has 84 valence electrons. The van der Waals surface area contributed by atoms with Gasteiger partial charge in [-0.1, -0.05) is 12.2 Å². The first kappa shape index (κ1) is 12.3. The molecule has 1 aromatic rings. The molecule has 0 spiro atoms. The molecule has 0 bridgehead atoms. The van der Waals surface area contributed by atoms with Crippen LogP contribution in [0.2, 0.25) is 0 Å². The van der Waals surface area contributed by atoms with Gasteiger partial charge in [0, 0.05) is 5.56 Å². The number of hydrogen-bond donors (Lipinski definition) is 1. The average molecular weight is 246 g/mol. The van der Waals surface area contributed by atoms with Crippen molar-refractivity contribution in [3.63, 3.8) is 0 Å². The van der Waals surface area contributed by atoms with Crippen molar-refractivity contribution in [1.29, 1.82) is 5.26 Å². The lowest BCUT2D eigenvalue weighted by Crippen LogP contribution is -2.18. The Hall–Kier alpha value is -1.81. The van der Waals surface area contributed by atoms with Crippen LogP contribution in [0.4, 0.5) is 13.2 Å². The van der Waals surface area contributed by atoms with Gasteiger partial charge in [-0.25, -0.2) is 0 Å². The van der Waals surface area contributed by atoms with E-state index in [-0.39, 0.29) is 10.6 Å². The van der Waals surface area contributed by atoms with Crippen LogP contribution in [0.25, 0.3) is 0 Å². The zero-order valence-corrected chi connectivity index (χ0v) is 8.52. The van der Waals surface area contributed by atoms with E-state index in [1.54, 1.807) is 6.07 Å². The molecule has 2 N–H and O–H groups in total. The minimum atomic E-state index is -4.84. The summed E-state index contributed by atoms with van der Waals surface area (Å²) in [6.07, 6.45) is -4.84. The van der Waals surface area contributed by atoms with E-state index in [2.05, 4.69) is 17.0 Å². The number of alkyl halides is 3. The lowest BCUT2D eigenvalue weighted by atomic mass is 10.1. The molecule has 0 atom stereocenters. The smallest absolute Gasteiger partial charge is 0.404 e. The number of ether oxygens (including phenoxy) is 1. The second-order valence-corrected chi connectivity index (χ2v) is 3.17. The van der Waals surface area contributed by atoms with Crippen molar-refractivity contribution >= 4 is 17.2 Å². The molecule has 0 aromatic heterocycles. The average Bonchev–Trinajstić information content (AvgIpc) is 2.15.